The fourth-order valence-corrected chi connectivity index (χ4v) is 5.45. The average molecular weight is 484 g/mol. The standard InChI is InChI=1S/C21H21N7O3S2/c22-14-21(18(29)24-19(32)25-20(21)11-3-1-4-12-20)28-26-15-7-9-16(10-8-15)33(30,31)27-17-6-2-5-13-23-17/h2,5-10,13H,1,3-4,11-12H2,(H,23,27)(H2,24,25,29,32). The summed E-state index contributed by atoms with van der Waals surface area (Å²) in [6, 6.07) is 12.6. The number of hydrogen-bond donors (Lipinski definition) is 3. The van der Waals surface area contributed by atoms with Gasteiger partial charge in [0.1, 0.15) is 11.9 Å². The second kappa shape index (κ2) is 8.84. The number of benzene rings is 1. The van der Waals surface area contributed by atoms with Gasteiger partial charge in [0.15, 0.2) is 5.11 Å². The number of anilines is 1. The Kier molecular flexibility index (Phi) is 6.09. The lowest BCUT2D eigenvalue weighted by molar-refractivity contribution is -0.127. The third kappa shape index (κ3) is 4.29. The molecule has 10 nitrogen and oxygen atoms in total. The van der Waals surface area contributed by atoms with Crippen molar-refractivity contribution in [2.75, 3.05) is 4.72 Å². The van der Waals surface area contributed by atoms with Crippen molar-refractivity contribution in [2.45, 2.75) is 48.1 Å². The van der Waals surface area contributed by atoms with Crippen LogP contribution in [-0.2, 0) is 14.8 Å². The van der Waals surface area contributed by atoms with E-state index >= 15 is 0 Å². The Bertz CT molecular complexity index is 1230. The molecule has 1 aromatic heterocycles. The number of rotatable bonds is 5. The molecule has 1 aromatic carbocycles. The van der Waals surface area contributed by atoms with E-state index in [-0.39, 0.29) is 15.8 Å². The summed E-state index contributed by atoms with van der Waals surface area (Å²) in [6.07, 6.45) is 5.26. The number of azo groups is 1. The highest BCUT2D eigenvalue weighted by atomic mass is 32.2. The van der Waals surface area contributed by atoms with Crippen LogP contribution in [0.15, 0.2) is 63.8 Å². The van der Waals surface area contributed by atoms with Crippen LogP contribution in [0.1, 0.15) is 32.1 Å². The number of hydrogen-bond acceptors (Lipinski definition) is 8. The second-order valence-electron chi connectivity index (χ2n) is 7.89. The first kappa shape index (κ1) is 22.8. The highest BCUT2D eigenvalue weighted by Gasteiger charge is 2.61. The molecule has 1 saturated carbocycles. The molecule has 3 N–H and O–H groups in total. The molecule has 2 aromatic rings. The Balaban J connectivity index is 1.60. The van der Waals surface area contributed by atoms with Gasteiger partial charge in [-0.05, 0) is 61.5 Å². The lowest BCUT2D eigenvalue weighted by atomic mass is 9.67. The van der Waals surface area contributed by atoms with Crippen LogP contribution in [0.3, 0.4) is 0 Å². The molecule has 170 valence electrons. The normalized spacial score (nSPS) is 22.4. The maximum Gasteiger partial charge on any atom is 0.273 e. The maximum atomic E-state index is 12.9. The van der Waals surface area contributed by atoms with E-state index in [4.69, 9.17) is 12.2 Å². The molecule has 12 heteroatoms. The van der Waals surface area contributed by atoms with Gasteiger partial charge in [0, 0.05) is 6.20 Å². The summed E-state index contributed by atoms with van der Waals surface area (Å²) in [6.45, 7) is 0. The van der Waals surface area contributed by atoms with Crippen LogP contribution in [0, 0.1) is 11.3 Å². The number of aromatic nitrogens is 1. The Hall–Kier alpha value is -3.43. The van der Waals surface area contributed by atoms with Gasteiger partial charge < -0.3 is 5.32 Å². The van der Waals surface area contributed by atoms with Gasteiger partial charge in [-0.15, -0.1) is 0 Å². The van der Waals surface area contributed by atoms with Crippen LogP contribution in [0.2, 0.25) is 0 Å². The number of carbonyl (C=O) groups excluding carboxylic acids is 1. The van der Waals surface area contributed by atoms with Gasteiger partial charge in [-0.2, -0.15) is 15.5 Å². The Morgan fingerprint density at radius 2 is 1.85 bits per heavy atom. The molecule has 1 saturated heterocycles. The maximum absolute atomic E-state index is 12.9. The van der Waals surface area contributed by atoms with E-state index in [9.17, 15) is 18.5 Å². The fourth-order valence-electron chi connectivity index (χ4n) is 4.16. The summed E-state index contributed by atoms with van der Waals surface area (Å²) >= 11 is 5.17. The molecule has 2 fully saturated rings. The molecular formula is C21H21N7O3S2. The average Bonchev–Trinajstić information content (AvgIpc) is 2.80. The quantitative estimate of drug-likeness (QED) is 0.437. The van der Waals surface area contributed by atoms with Crippen molar-refractivity contribution in [2.24, 2.45) is 10.2 Å². The van der Waals surface area contributed by atoms with E-state index in [0.29, 0.717) is 18.5 Å². The van der Waals surface area contributed by atoms with Crippen molar-refractivity contribution in [3.05, 3.63) is 48.7 Å². The van der Waals surface area contributed by atoms with E-state index in [1.54, 1.807) is 12.1 Å². The molecule has 1 amide bonds. The molecule has 2 heterocycles. The van der Waals surface area contributed by atoms with Crippen LogP contribution in [0.4, 0.5) is 11.5 Å². The summed E-state index contributed by atoms with van der Waals surface area (Å²) < 4.78 is 27.5. The first-order valence-corrected chi connectivity index (χ1v) is 12.2. The predicted octanol–water partition coefficient (Wildman–Crippen LogP) is 2.94. The third-order valence-corrected chi connectivity index (χ3v) is 7.41. The van der Waals surface area contributed by atoms with Crippen molar-refractivity contribution in [1.82, 2.24) is 15.6 Å². The van der Waals surface area contributed by atoms with Crippen LogP contribution in [0.5, 0.6) is 0 Å². The van der Waals surface area contributed by atoms with E-state index in [1.807, 2.05) is 0 Å². The summed E-state index contributed by atoms with van der Waals surface area (Å²) in [7, 11) is -3.85. The molecule has 2 aliphatic rings. The molecule has 1 spiro atoms. The van der Waals surface area contributed by atoms with Gasteiger partial charge in [0.25, 0.3) is 21.5 Å². The number of carbonyl (C=O) groups is 1. The monoisotopic (exact) mass is 483 g/mol. The minimum Gasteiger partial charge on any atom is -0.353 e. The number of thiocarbonyl (C=S) groups is 1. The van der Waals surface area contributed by atoms with Crippen LogP contribution < -0.4 is 15.4 Å². The first-order valence-electron chi connectivity index (χ1n) is 10.3. The van der Waals surface area contributed by atoms with Crippen molar-refractivity contribution >= 4 is 44.8 Å². The number of sulfonamides is 1. The van der Waals surface area contributed by atoms with Gasteiger partial charge in [-0.1, -0.05) is 25.3 Å². The van der Waals surface area contributed by atoms with Gasteiger partial charge >= 0.3 is 0 Å². The van der Waals surface area contributed by atoms with Crippen LogP contribution in [0.25, 0.3) is 0 Å². The minimum atomic E-state index is -3.85. The number of nitriles is 1. The number of pyridine rings is 1. The molecule has 0 bridgehead atoms. The third-order valence-electron chi connectivity index (χ3n) is 5.84. The summed E-state index contributed by atoms with van der Waals surface area (Å²) in [4.78, 5) is 16.9. The van der Waals surface area contributed by atoms with Crippen LogP contribution >= 0.6 is 12.2 Å². The fraction of sp³-hybridized carbons (Fsp3) is 0.333. The lowest BCUT2D eigenvalue weighted by Crippen LogP contribution is -2.75. The van der Waals surface area contributed by atoms with E-state index < -0.39 is 27.0 Å². The largest absolute Gasteiger partial charge is 0.353 e. The first-order chi connectivity index (χ1) is 15.8. The molecule has 1 aliphatic carbocycles. The molecule has 0 radical (unpaired) electrons. The van der Waals surface area contributed by atoms with Gasteiger partial charge in [-0.25, -0.2) is 13.4 Å². The summed E-state index contributed by atoms with van der Waals surface area (Å²) in [5, 5.41) is 24.2. The Morgan fingerprint density at radius 3 is 2.48 bits per heavy atom. The molecule has 1 aliphatic heterocycles. The Morgan fingerprint density at radius 1 is 1.12 bits per heavy atom. The van der Waals surface area contributed by atoms with Gasteiger partial charge in [-0.3, -0.25) is 14.8 Å². The zero-order valence-electron chi connectivity index (χ0n) is 17.5. The van der Waals surface area contributed by atoms with Crippen molar-refractivity contribution < 1.29 is 13.2 Å². The van der Waals surface area contributed by atoms with Crippen molar-refractivity contribution in [3.8, 4) is 6.07 Å². The summed E-state index contributed by atoms with van der Waals surface area (Å²) in [5.74, 6) is -0.415. The zero-order chi connectivity index (χ0) is 23.5. The van der Waals surface area contributed by atoms with Gasteiger partial charge in [0.2, 0.25) is 0 Å². The van der Waals surface area contributed by atoms with E-state index in [1.165, 1.54) is 36.5 Å². The number of nitrogens with zero attached hydrogens (tertiary/aromatic N) is 4. The summed E-state index contributed by atoms with van der Waals surface area (Å²) in [5.41, 5.74) is -2.42. The van der Waals surface area contributed by atoms with E-state index in [0.717, 1.165) is 19.3 Å². The predicted molar refractivity (Wildman–Crippen MR) is 124 cm³/mol. The minimum absolute atomic E-state index is 0.00766. The lowest BCUT2D eigenvalue weighted by Gasteiger charge is -2.48. The smallest absolute Gasteiger partial charge is 0.273 e. The molecular weight excluding hydrogens is 462 g/mol. The van der Waals surface area contributed by atoms with Crippen molar-refractivity contribution in [3.63, 3.8) is 0 Å². The number of nitrogens with one attached hydrogen (secondary N) is 3. The Labute approximate surface area is 196 Å². The van der Waals surface area contributed by atoms with Crippen molar-refractivity contribution in [1.29, 1.82) is 5.26 Å². The molecule has 33 heavy (non-hydrogen) atoms. The topological polar surface area (TPSA) is 149 Å². The molecule has 1 unspecified atom stereocenters. The number of amides is 1. The SMILES string of the molecule is N#CC1(N=Nc2ccc(S(=O)(=O)Nc3ccccn3)cc2)C(=O)NC(=S)NC12CCCCC2. The molecule has 1 atom stereocenters. The van der Waals surface area contributed by atoms with Crippen LogP contribution in [-0.4, -0.2) is 35.5 Å². The second-order valence-corrected chi connectivity index (χ2v) is 9.98. The molecule has 4 rings (SSSR count). The highest BCUT2D eigenvalue weighted by Crippen LogP contribution is 2.41. The van der Waals surface area contributed by atoms with Gasteiger partial charge in [0.05, 0.1) is 16.1 Å². The highest BCUT2D eigenvalue weighted by molar-refractivity contribution is 7.92. The van der Waals surface area contributed by atoms with E-state index in [2.05, 4.69) is 36.6 Å². The zero-order valence-corrected chi connectivity index (χ0v) is 19.1.